The zero-order valence-corrected chi connectivity index (χ0v) is 13.0. The molecule has 9 heteroatoms. The number of aromatic amines is 1. The third-order valence-corrected chi connectivity index (χ3v) is 3.55. The van der Waals surface area contributed by atoms with Crippen molar-refractivity contribution in [2.75, 3.05) is 6.54 Å². The Morgan fingerprint density at radius 2 is 2.00 bits per heavy atom. The number of hydrogen-bond donors (Lipinski definition) is 3. The first-order valence-corrected chi connectivity index (χ1v) is 6.95. The molecule has 0 atom stereocenters. The quantitative estimate of drug-likeness (QED) is 0.555. The number of amides is 1. The molecule has 0 aliphatic rings. The van der Waals surface area contributed by atoms with Crippen molar-refractivity contribution in [2.24, 2.45) is 5.41 Å². The zero-order chi connectivity index (χ0) is 18.1. The Hall–Kier alpha value is -3.23. The Balaban J connectivity index is 2.44. The highest BCUT2D eigenvalue weighted by atomic mass is 16.6. The van der Waals surface area contributed by atoms with Gasteiger partial charge in [-0.2, -0.15) is 0 Å². The van der Waals surface area contributed by atoms with Gasteiger partial charge in [-0.15, -0.1) is 0 Å². The number of H-pyrrole nitrogens is 1. The second kappa shape index (κ2) is 6.11. The number of nitro groups is 1. The highest BCUT2D eigenvalue weighted by Crippen LogP contribution is 2.22. The molecule has 0 saturated heterocycles. The standard InChI is InChI=1S/C15H15N3O6/c1-15(2,14(21)22)7-16-13(20)10-6-12(19)17-11-4-3-8(18(23)24)5-9(10)11/h3-6H,7H2,1-2H3,(H,16,20)(H,17,19)(H,21,22). The summed E-state index contributed by atoms with van der Waals surface area (Å²) in [5, 5.41) is 22.6. The summed E-state index contributed by atoms with van der Waals surface area (Å²) in [5.74, 6) is -1.77. The summed E-state index contributed by atoms with van der Waals surface area (Å²) in [7, 11) is 0. The van der Waals surface area contributed by atoms with Crippen LogP contribution in [0.2, 0.25) is 0 Å². The number of hydrogen-bond acceptors (Lipinski definition) is 5. The normalized spacial score (nSPS) is 11.2. The molecule has 0 aliphatic heterocycles. The van der Waals surface area contributed by atoms with Crippen molar-refractivity contribution in [1.29, 1.82) is 0 Å². The smallest absolute Gasteiger partial charge is 0.310 e. The number of carboxylic acids is 1. The zero-order valence-electron chi connectivity index (χ0n) is 13.0. The van der Waals surface area contributed by atoms with Crippen molar-refractivity contribution in [3.05, 3.63) is 50.3 Å². The SMILES string of the molecule is CC(C)(CNC(=O)c1cc(=O)[nH]c2ccc([N+](=O)[O-])cc12)C(=O)O. The van der Waals surface area contributed by atoms with Crippen molar-refractivity contribution in [3.63, 3.8) is 0 Å². The van der Waals surface area contributed by atoms with Crippen LogP contribution in [0.25, 0.3) is 10.9 Å². The van der Waals surface area contributed by atoms with Gasteiger partial charge in [0.25, 0.3) is 11.6 Å². The fraction of sp³-hybridized carbons (Fsp3) is 0.267. The lowest BCUT2D eigenvalue weighted by atomic mass is 9.94. The molecule has 1 amide bonds. The molecule has 0 aliphatic carbocycles. The molecular weight excluding hydrogens is 318 g/mol. The lowest BCUT2D eigenvalue weighted by Crippen LogP contribution is -2.39. The van der Waals surface area contributed by atoms with Crippen molar-refractivity contribution in [3.8, 4) is 0 Å². The van der Waals surface area contributed by atoms with Crippen LogP contribution in [0.15, 0.2) is 29.1 Å². The Morgan fingerprint density at radius 3 is 2.58 bits per heavy atom. The number of nitrogens with one attached hydrogen (secondary N) is 2. The number of nitrogens with zero attached hydrogens (tertiary/aromatic N) is 1. The highest BCUT2D eigenvalue weighted by molar-refractivity contribution is 6.06. The van der Waals surface area contributed by atoms with Crippen molar-refractivity contribution < 1.29 is 19.6 Å². The van der Waals surface area contributed by atoms with Gasteiger partial charge in [0.2, 0.25) is 5.56 Å². The van der Waals surface area contributed by atoms with Gasteiger partial charge in [0, 0.05) is 35.6 Å². The van der Waals surface area contributed by atoms with E-state index in [-0.39, 0.29) is 28.7 Å². The fourth-order valence-corrected chi connectivity index (χ4v) is 2.02. The topological polar surface area (TPSA) is 142 Å². The van der Waals surface area contributed by atoms with Gasteiger partial charge in [0.1, 0.15) is 0 Å². The first-order chi connectivity index (χ1) is 11.1. The van der Waals surface area contributed by atoms with E-state index < -0.39 is 27.8 Å². The number of rotatable bonds is 5. The molecule has 0 spiro atoms. The first-order valence-electron chi connectivity index (χ1n) is 6.95. The maximum Gasteiger partial charge on any atom is 0.310 e. The lowest BCUT2D eigenvalue weighted by molar-refractivity contribution is -0.384. The molecule has 126 valence electrons. The summed E-state index contributed by atoms with van der Waals surface area (Å²) in [6.07, 6.45) is 0. The molecule has 0 bridgehead atoms. The van der Waals surface area contributed by atoms with E-state index in [1.54, 1.807) is 0 Å². The minimum Gasteiger partial charge on any atom is -0.481 e. The molecule has 0 radical (unpaired) electrons. The van der Waals surface area contributed by atoms with Crippen LogP contribution in [0.4, 0.5) is 5.69 Å². The van der Waals surface area contributed by atoms with E-state index in [2.05, 4.69) is 10.3 Å². The fourth-order valence-electron chi connectivity index (χ4n) is 2.02. The number of carboxylic acid groups (broad SMARTS) is 1. The average Bonchev–Trinajstić information content (AvgIpc) is 2.51. The molecular formula is C15H15N3O6. The van der Waals surface area contributed by atoms with Gasteiger partial charge >= 0.3 is 5.97 Å². The second-order valence-corrected chi connectivity index (χ2v) is 5.91. The average molecular weight is 333 g/mol. The number of pyridine rings is 1. The van der Waals surface area contributed by atoms with E-state index in [9.17, 15) is 24.5 Å². The molecule has 24 heavy (non-hydrogen) atoms. The highest BCUT2D eigenvalue weighted by Gasteiger charge is 2.28. The predicted molar refractivity (Wildman–Crippen MR) is 85.0 cm³/mol. The minimum atomic E-state index is -1.20. The predicted octanol–water partition coefficient (Wildman–Crippen LogP) is 1.28. The van der Waals surface area contributed by atoms with Crippen LogP contribution in [-0.2, 0) is 4.79 Å². The van der Waals surface area contributed by atoms with Crippen molar-refractivity contribution >= 4 is 28.5 Å². The molecule has 1 aromatic carbocycles. The summed E-state index contributed by atoms with van der Waals surface area (Å²) >= 11 is 0. The Morgan fingerprint density at radius 1 is 1.33 bits per heavy atom. The maximum absolute atomic E-state index is 12.3. The minimum absolute atomic E-state index is 0.0568. The Bertz CT molecular complexity index is 900. The van der Waals surface area contributed by atoms with Gasteiger partial charge in [0.05, 0.1) is 15.9 Å². The second-order valence-electron chi connectivity index (χ2n) is 5.91. The lowest BCUT2D eigenvalue weighted by Gasteiger charge is -2.19. The van der Waals surface area contributed by atoms with Gasteiger partial charge in [-0.25, -0.2) is 0 Å². The Kier molecular flexibility index (Phi) is 4.36. The van der Waals surface area contributed by atoms with Crippen LogP contribution < -0.4 is 10.9 Å². The monoisotopic (exact) mass is 333 g/mol. The number of nitro benzene ring substituents is 1. The summed E-state index contributed by atoms with van der Waals surface area (Å²) in [5.41, 5.74) is -1.75. The molecule has 0 saturated carbocycles. The molecule has 2 aromatic rings. The van der Waals surface area contributed by atoms with Gasteiger partial charge in [-0.05, 0) is 19.9 Å². The van der Waals surface area contributed by atoms with E-state index >= 15 is 0 Å². The van der Waals surface area contributed by atoms with E-state index in [4.69, 9.17) is 5.11 Å². The van der Waals surface area contributed by atoms with Gasteiger partial charge < -0.3 is 15.4 Å². The van der Waals surface area contributed by atoms with Gasteiger partial charge in [0.15, 0.2) is 0 Å². The number of fused-ring (bicyclic) bond motifs is 1. The van der Waals surface area contributed by atoms with Crippen LogP contribution in [0.5, 0.6) is 0 Å². The van der Waals surface area contributed by atoms with Crippen molar-refractivity contribution in [1.82, 2.24) is 10.3 Å². The van der Waals surface area contributed by atoms with E-state index in [1.165, 1.54) is 32.0 Å². The number of carbonyl (C=O) groups excluding carboxylic acids is 1. The summed E-state index contributed by atoms with van der Waals surface area (Å²) in [6.45, 7) is 2.72. The van der Waals surface area contributed by atoms with Crippen molar-refractivity contribution in [2.45, 2.75) is 13.8 Å². The molecule has 0 fully saturated rings. The summed E-state index contributed by atoms with van der Waals surface area (Å²) in [4.78, 5) is 47.9. The molecule has 2 rings (SSSR count). The molecule has 1 heterocycles. The maximum atomic E-state index is 12.3. The van der Waals surface area contributed by atoms with Gasteiger partial charge in [-0.1, -0.05) is 0 Å². The van der Waals surface area contributed by atoms with E-state index in [1.807, 2.05) is 0 Å². The third-order valence-electron chi connectivity index (χ3n) is 3.55. The number of aliphatic carboxylic acids is 1. The molecule has 0 unspecified atom stereocenters. The van der Waals surface area contributed by atoms with Crippen LogP contribution >= 0.6 is 0 Å². The van der Waals surface area contributed by atoms with E-state index in [0.29, 0.717) is 0 Å². The van der Waals surface area contributed by atoms with Crippen LogP contribution in [0.1, 0.15) is 24.2 Å². The van der Waals surface area contributed by atoms with E-state index in [0.717, 1.165) is 6.07 Å². The number of non-ortho nitro benzene ring substituents is 1. The molecule has 3 N–H and O–H groups in total. The molecule has 1 aromatic heterocycles. The number of carbonyl (C=O) groups is 2. The van der Waals surface area contributed by atoms with Crippen LogP contribution in [-0.4, -0.2) is 33.4 Å². The third kappa shape index (κ3) is 3.40. The van der Waals surface area contributed by atoms with Crippen LogP contribution in [0.3, 0.4) is 0 Å². The van der Waals surface area contributed by atoms with Gasteiger partial charge in [-0.3, -0.25) is 24.5 Å². The summed E-state index contributed by atoms with van der Waals surface area (Å²) < 4.78 is 0. The largest absolute Gasteiger partial charge is 0.481 e. The first kappa shape index (κ1) is 17.1. The number of aromatic nitrogens is 1. The number of benzene rings is 1. The Labute approximate surface area is 135 Å². The van der Waals surface area contributed by atoms with Crippen LogP contribution in [0, 0.1) is 15.5 Å². The molecule has 9 nitrogen and oxygen atoms in total. The summed E-state index contributed by atoms with van der Waals surface area (Å²) in [6, 6.07) is 4.76.